The minimum Gasteiger partial charge on any atom is -0.397 e. The summed E-state index contributed by atoms with van der Waals surface area (Å²) in [5.74, 6) is 0. The second-order valence-corrected chi connectivity index (χ2v) is 3.77. The molecule has 0 fully saturated rings. The number of hydrogen-bond acceptors (Lipinski definition) is 4. The van der Waals surface area contributed by atoms with Gasteiger partial charge in [-0.3, -0.25) is 0 Å². The maximum atomic E-state index is 11.5. The number of benzene rings is 1. The average Bonchev–Trinajstić information content (AvgIpc) is 2.33. The van der Waals surface area contributed by atoms with Crippen LogP contribution in [0, 0.1) is 6.92 Å². The number of nitrogens with two attached hydrogens (primary N) is 1. The molecule has 4 N–H and O–H groups in total. The first kappa shape index (κ1) is 14.3. The van der Waals surface area contributed by atoms with Crippen LogP contribution < -0.4 is 16.4 Å². The Morgan fingerprint density at radius 2 is 2.17 bits per heavy atom. The lowest BCUT2D eigenvalue weighted by atomic mass is 10.2. The third kappa shape index (κ3) is 5.03. The number of hydrogen-bond donors (Lipinski definition) is 3. The van der Waals surface area contributed by atoms with Crippen molar-refractivity contribution in [1.29, 1.82) is 0 Å². The molecule has 0 heterocycles. The molecular formula is C12H19N3O3. The normalized spacial score (nSPS) is 10.1. The standard InChI is InChI=1S/C12H19N3O3/c1-9-3-4-10(13)11(7-9)15-12(16)14-8-18-6-5-17-2/h3-4,7H,5-6,8,13H2,1-2H3,(H2,14,15,16). The Labute approximate surface area is 106 Å². The highest BCUT2D eigenvalue weighted by Gasteiger charge is 2.04. The predicted molar refractivity (Wildman–Crippen MR) is 70.4 cm³/mol. The molecule has 0 aliphatic carbocycles. The Bertz CT molecular complexity index is 396. The molecule has 1 aromatic rings. The van der Waals surface area contributed by atoms with Crippen LogP contribution in [0.25, 0.3) is 0 Å². The number of rotatable bonds is 6. The Morgan fingerprint density at radius 3 is 2.89 bits per heavy atom. The SMILES string of the molecule is COCCOCNC(=O)Nc1cc(C)ccc1N. The van der Waals surface area contributed by atoms with Gasteiger partial charge in [0.1, 0.15) is 6.73 Å². The van der Waals surface area contributed by atoms with Gasteiger partial charge in [0, 0.05) is 7.11 Å². The van der Waals surface area contributed by atoms with Gasteiger partial charge in [-0.15, -0.1) is 0 Å². The highest BCUT2D eigenvalue weighted by atomic mass is 16.5. The van der Waals surface area contributed by atoms with Crippen molar-refractivity contribution in [2.24, 2.45) is 0 Å². The largest absolute Gasteiger partial charge is 0.397 e. The monoisotopic (exact) mass is 253 g/mol. The van der Waals surface area contributed by atoms with Gasteiger partial charge in [-0.2, -0.15) is 0 Å². The van der Waals surface area contributed by atoms with Crippen LogP contribution in [-0.2, 0) is 9.47 Å². The van der Waals surface area contributed by atoms with Gasteiger partial charge in [0.2, 0.25) is 0 Å². The van der Waals surface area contributed by atoms with E-state index in [0.717, 1.165) is 5.56 Å². The van der Waals surface area contributed by atoms with Crippen LogP contribution in [0.3, 0.4) is 0 Å². The molecule has 0 spiro atoms. The van der Waals surface area contributed by atoms with E-state index in [4.69, 9.17) is 15.2 Å². The molecule has 1 rings (SSSR count). The molecule has 18 heavy (non-hydrogen) atoms. The maximum absolute atomic E-state index is 11.5. The highest BCUT2D eigenvalue weighted by Crippen LogP contribution is 2.19. The van der Waals surface area contributed by atoms with Gasteiger partial charge in [-0.25, -0.2) is 4.79 Å². The van der Waals surface area contributed by atoms with Gasteiger partial charge in [-0.05, 0) is 24.6 Å². The fraction of sp³-hybridized carbons (Fsp3) is 0.417. The minimum absolute atomic E-state index is 0.126. The van der Waals surface area contributed by atoms with E-state index in [2.05, 4.69) is 10.6 Å². The second kappa shape index (κ2) is 7.52. The fourth-order valence-corrected chi connectivity index (χ4v) is 1.28. The van der Waals surface area contributed by atoms with Gasteiger partial charge in [0.05, 0.1) is 24.6 Å². The summed E-state index contributed by atoms with van der Waals surface area (Å²) in [4.78, 5) is 11.5. The molecular weight excluding hydrogens is 234 g/mol. The van der Waals surface area contributed by atoms with Crippen LogP contribution in [0.4, 0.5) is 16.2 Å². The van der Waals surface area contributed by atoms with Crippen LogP contribution in [0.2, 0.25) is 0 Å². The number of nitrogen functional groups attached to an aromatic ring is 1. The van der Waals surface area contributed by atoms with Crippen molar-refractivity contribution >= 4 is 17.4 Å². The molecule has 1 aromatic carbocycles. The quantitative estimate of drug-likeness (QED) is 0.405. The molecule has 6 nitrogen and oxygen atoms in total. The number of carbonyl (C=O) groups is 1. The lowest BCUT2D eigenvalue weighted by Gasteiger charge is -2.10. The smallest absolute Gasteiger partial charge is 0.321 e. The predicted octanol–water partition coefficient (Wildman–Crippen LogP) is 1.32. The topological polar surface area (TPSA) is 85.6 Å². The summed E-state index contributed by atoms with van der Waals surface area (Å²) in [6.07, 6.45) is 0. The molecule has 0 bridgehead atoms. The van der Waals surface area contributed by atoms with Crippen molar-refractivity contribution in [3.05, 3.63) is 23.8 Å². The molecule has 0 saturated heterocycles. The number of ether oxygens (including phenoxy) is 2. The summed E-state index contributed by atoms with van der Waals surface area (Å²) < 4.78 is 9.91. The van der Waals surface area contributed by atoms with Crippen molar-refractivity contribution in [3.8, 4) is 0 Å². The summed E-state index contributed by atoms with van der Waals surface area (Å²) in [5.41, 5.74) is 7.88. The van der Waals surface area contributed by atoms with Gasteiger partial charge >= 0.3 is 6.03 Å². The summed E-state index contributed by atoms with van der Waals surface area (Å²) in [6, 6.07) is 5.08. The molecule has 0 saturated carbocycles. The van der Waals surface area contributed by atoms with E-state index < -0.39 is 0 Å². The average molecular weight is 253 g/mol. The molecule has 0 aromatic heterocycles. The van der Waals surface area contributed by atoms with E-state index in [0.29, 0.717) is 24.6 Å². The van der Waals surface area contributed by atoms with Crippen LogP contribution in [0.5, 0.6) is 0 Å². The van der Waals surface area contributed by atoms with E-state index >= 15 is 0 Å². The van der Waals surface area contributed by atoms with E-state index in [1.165, 1.54) is 0 Å². The summed E-state index contributed by atoms with van der Waals surface area (Å²) >= 11 is 0. The van der Waals surface area contributed by atoms with E-state index in [-0.39, 0.29) is 12.8 Å². The first-order valence-electron chi connectivity index (χ1n) is 5.61. The Kier molecular flexibility index (Phi) is 5.96. The van der Waals surface area contributed by atoms with Gasteiger partial charge < -0.3 is 25.8 Å². The number of anilines is 2. The molecule has 6 heteroatoms. The number of urea groups is 1. The fourth-order valence-electron chi connectivity index (χ4n) is 1.28. The van der Waals surface area contributed by atoms with Crippen molar-refractivity contribution < 1.29 is 14.3 Å². The third-order valence-corrected chi connectivity index (χ3v) is 2.22. The van der Waals surface area contributed by atoms with Gasteiger partial charge in [0.25, 0.3) is 0 Å². The molecule has 0 unspecified atom stereocenters. The maximum Gasteiger partial charge on any atom is 0.321 e. The van der Waals surface area contributed by atoms with Crippen molar-refractivity contribution in [3.63, 3.8) is 0 Å². The second-order valence-electron chi connectivity index (χ2n) is 3.77. The summed E-state index contributed by atoms with van der Waals surface area (Å²) in [7, 11) is 1.59. The summed E-state index contributed by atoms with van der Waals surface area (Å²) in [5, 5.41) is 5.21. The van der Waals surface area contributed by atoms with Crippen molar-refractivity contribution in [2.75, 3.05) is 38.1 Å². The summed E-state index contributed by atoms with van der Waals surface area (Å²) in [6.45, 7) is 2.98. The lowest BCUT2D eigenvalue weighted by Crippen LogP contribution is -2.31. The zero-order valence-electron chi connectivity index (χ0n) is 10.7. The number of carbonyl (C=O) groups excluding carboxylic acids is 1. The zero-order chi connectivity index (χ0) is 13.4. The zero-order valence-corrected chi connectivity index (χ0v) is 10.7. The number of amides is 2. The highest BCUT2D eigenvalue weighted by molar-refractivity contribution is 5.92. The molecule has 0 atom stereocenters. The molecule has 2 amide bonds. The molecule has 0 aliphatic heterocycles. The van der Waals surface area contributed by atoms with E-state index in [1.807, 2.05) is 13.0 Å². The van der Waals surface area contributed by atoms with E-state index in [1.54, 1.807) is 19.2 Å². The molecule has 0 aliphatic rings. The first-order chi connectivity index (χ1) is 8.63. The van der Waals surface area contributed by atoms with Crippen molar-refractivity contribution in [1.82, 2.24) is 5.32 Å². The van der Waals surface area contributed by atoms with Gasteiger partial charge in [0.15, 0.2) is 0 Å². The van der Waals surface area contributed by atoms with Crippen molar-refractivity contribution in [2.45, 2.75) is 6.92 Å². The number of aryl methyl sites for hydroxylation is 1. The lowest BCUT2D eigenvalue weighted by molar-refractivity contribution is 0.0650. The first-order valence-corrected chi connectivity index (χ1v) is 5.61. The number of methoxy groups -OCH3 is 1. The van der Waals surface area contributed by atoms with Crippen LogP contribution in [0.15, 0.2) is 18.2 Å². The van der Waals surface area contributed by atoms with E-state index in [9.17, 15) is 4.79 Å². The van der Waals surface area contributed by atoms with Crippen LogP contribution >= 0.6 is 0 Å². The third-order valence-electron chi connectivity index (χ3n) is 2.22. The molecule has 100 valence electrons. The Balaban J connectivity index is 2.33. The van der Waals surface area contributed by atoms with Gasteiger partial charge in [-0.1, -0.05) is 6.07 Å². The number of nitrogens with one attached hydrogen (secondary N) is 2. The van der Waals surface area contributed by atoms with Crippen LogP contribution in [0.1, 0.15) is 5.56 Å². The minimum atomic E-state index is -0.357. The molecule has 0 radical (unpaired) electrons. The Hall–Kier alpha value is -1.79. The Morgan fingerprint density at radius 1 is 1.39 bits per heavy atom. The van der Waals surface area contributed by atoms with Crippen LogP contribution in [-0.4, -0.2) is 33.1 Å².